The second kappa shape index (κ2) is 4.81. The van der Waals surface area contributed by atoms with Gasteiger partial charge in [0.25, 0.3) is 0 Å². The number of nitrogens with two attached hydrogens (primary N) is 1. The number of hydrogen-bond donors (Lipinski definition) is 1. The highest BCUT2D eigenvalue weighted by Gasteiger charge is 2.15. The molecular formula is C14H16ClNS. The minimum Gasteiger partial charge on any atom is -0.320 e. The Kier molecular flexibility index (Phi) is 3.57. The van der Waals surface area contributed by atoms with Crippen molar-refractivity contribution in [3.63, 3.8) is 0 Å². The molecule has 2 aromatic rings. The Hall–Kier alpha value is -0.830. The van der Waals surface area contributed by atoms with Crippen molar-refractivity contribution in [1.82, 2.24) is 0 Å². The lowest BCUT2D eigenvalue weighted by molar-refractivity contribution is 0.890. The van der Waals surface area contributed by atoms with Gasteiger partial charge in [-0.1, -0.05) is 17.7 Å². The Labute approximate surface area is 111 Å². The molecule has 1 unspecified atom stereocenters. The van der Waals surface area contributed by atoms with Gasteiger partial charge in [0.1, 0.15) is 0 Å². The predicted octanol–water partition coefficient (Wildman–Crippen LogP) is 4.37. The maximum absolute atomic E-state index is 6.28. The van der Waals surface area contributed by atoms with Gasteiger partial charge in [-0.2, -0.15) is 0 Å². The first kappa shape index (κ1) is 12.6. The molecule has 1 atom stereocenters. The van der Waals surface area contributed by atoms with E-state index in [4.69, 9.17) is 17.3 Å². The largest absolute Gasteiger partial charge is 0.320 e. The zero-order valence-corrected chi connectivity index (χ0v) is 11.8. The van der Waals surface area contributed by atoms with Crippen LogP contribution in [0.1, 0.15) is 32.5 Å². The van der Waals surface area contributed by atoms with Crippen LogP contribution in [-0.4, -0.2) is 0 Å². The van der Waals surface area contributed by atoms with Gasteiger partial charge in [-0.05, 0) is 55.7 Å². The highest BCUT2D eigenvalue weighted by atomic mass is 35.5. The van der Waals surface area contributed by atoms with Crippen molar-refractivity contribution in [3.8, 4) is 0 Å². The third-order valence-corrected chi connectivity index (χ3v) is 4.43. The van der Waals surface area contributed by atoms with Gasteiger partial charge in [-0.25, -0.2) is 0 Å². The Morgan fingerprint density at radius 2 is 1.76 bits per heavy atom. The topological polar surface area (TPSA) is 26.0 Å². The van der Waals surface area contributed by atoms with Crippen molar-refractivity contribution in [1.29, 1.82) is 0 Å². The number of aryl methyl sites for hydroxylation is 3. The second-order valence-corrected chi connectivity index (χ2v) is 6.11. The molecule has 0 saturated carbocycles. The van der Waals surface area contributed by atoms with E-state index in [-0.39, 0.29) is 6.04 Å². The number of rotatable bonds is 2. The quantitative estimate of drug-likeness (QED) is 0.857. The van der Waals surface area contributed by atoms with E-state index in [2.05, 4.69) is 39.0 Å². The maximum Gasteiger partial charge on any atom is 0.0660 e. The molecule has 0 spiro atoms. The molecule has 0 radical (unpaired) electrons. The first-order valence-corrected chi connectivity index (χ1v) is 6.77. The Morgan fingerprint density at radius 1 is 1.12 bits per heavy atom. The summed E-state index contributed by atoms with van der Waals surface area (Å²) in [6.07, 6.45) is 0. The number of thiophene rings is 1. The van der Waals surface area contributed by atoms with Gasteiger partial charge in [-0.3, -0.25) is 0 Å². The van der Waals surface area contributed by atoms with E-state index in [9.17, 15) is 0 Å². The lowest BCUT2D eigenvalue weighted by Crippen LogP contribution is -2.11. The molecule has 0 saturated heterocycles. The Morgan fingerprint density at radius 3 is 2.35 bits per heavy atom. The summed E-state index contributed by atoms with van der Waals surface area (Å²) < 4.78 is 0. The molecule has 1 aromatic carbocycles. The van der Waals surface area contributed by atoms with Crippen LogP contribution >= 0.6 is 22.9 Å². The van der Waals surface area contributed by atoms with Gasteiger partial charge in [-0.15, -0.1) is 11.3 Å². The zero-order chi connectivity index (χ0) is 12.6. The fraction of sp³-hybridized carbons (Fsp3) is 0.286. The molecule has 1 nitrogen and oxygen atoms in total. The van der Waals surface area contributed by atoms with Crippen molar-refractivity contribution in [3.05, 3.63) is 55.7 Å². The van der Waals surface area contributed by atoms with E-state index in [0.29, 0.717) is 0 Å². The van der Waals surface area contributed by atoms with Crippen LogP contribution in [0.3, 0.4) is 0 Å². The molecule has 2 N–H and O–H groups in total. The van der Waals surface area contributed by atoms with E-state index < -0.39 is 0 Å². The summed E-state index contributed by atoms with van der Waals surface area (Å²) in [5.41, 5.74) is 9.72. The van der Waals surface area contributed by atoms with Gasteiger partial charge in [0.15, 0.2) is 0 Å². The van der Waals surface area contributed by atoms with Crippen LogP contribution in [0.5, 0.6) is 0 Å². The molecule has 90 valence electrons. The summed E-state index contributed by atoms with van der Waals surface area (Å²) in [4.78, 5) is 2.43. The normalized spacial score (nSPS) is 12.8. The van der Waals surface area contributed by atoms with E-state index in [1.54, 1.807) is 11.3 Å². The lowest BCUT2D eigenvalue weighted by atomic mass is 10.0. The second-order valence-electron chi connectivity index (χ2n) is 4.38. The highest BCUT2D eigenvalue weighted by molar-refractivity contribution is 7.12. The Bertz CT molecular complexity index is 545. The molecule has 2 rings (SSSR count). The molecule has 17 heavy (non-hydrogen) atoms. The van der Waals surface area contributed by atoms with Gasteiger partial charge in [0.05, 0.1) is 6.04 Å². The summed E-state index contributed by atoms with van der Waals surface area (Å²) in [5.74, 6) is 0. The van der Waals surface area contributed by atoms with Crippen LogP contribution in [0, 0.1) is 20.8 Å². The molecule has 0 aliphatic rings. The fourth-order valence-corrected chi connectivity index (χ4v) is 3.05. The Balaban J connectivity index is 2.43. The first-order chi connectivity index (χ1) is 7.99. The van der Waals surface area contributed by atoms with Crippen LogP contribution in [0.4, 0.5) is 0 Å². The highest BCUT2D eigenvalue weighted by Crippen LogP contribution is 2.32. The van der Waals surface area contributed by atoms with Crippen LogP contribution in [0.15, 0.2) is 24.3 Å². The van der Waals surface area contributed by atoms with Crippen molar-refractivity contribution < 1.29 is 0 Å². The summed E-state index contributed by atoms with van der Waals surface area (Å²) >= 11 is 8.00. The van der Waals surface area contributed by atoms with Crippen LogP contribution in [-0.2, 0) is 0 Å². The van der Waals surface area contributed by atoms with Gasteiger partial charge in [0.2, 0.25) is 0 Å². The van der Waals surface area contributed by atoms with Gasteiger partial charge >= 0.3 is 0 Å². The minimum absolute atomic E-state index is 0.125. The predicted molar refractivity (Wildman–Crippen MR) is 76.0 cm³/mol. The van der Waals surface area contributed by atoms with Gasteiger partial charge < -0.3 is 5.73 Å². The summed E-state index contributed by atoms with van der Waals surface area (Å²) in [6, 6.07) is 8.13. The molecule has 0 fully saturated rings. The molecule has 3 heteroatoms. The van der Waals surface area contributed by atoms with E-state index in [1.165, 1.54) is 16.0 Å². The number of hydrogen-bond acceptors (Lipinski definition) is 2. The molecule has 0 aliphatic heterocycles. The van der Waals surface area contributed by atoms with Crippen molar-refractivity contribution in [2.45, 2.75) is 26.8 Å². The van der Waals surface area contributed by atoms with Crippen molar-refractivity contribution in [2.24, 2.45) is 5.73 Å². The van der Waals surface area contributed by atoms with Crippen LogP contribution < -0.4 is 5.73 Å². The van der Waals surface area contributed by atoms with Crippen LogP contribution in [0.2, 0.25) is 5.02 Å². The maximum atomic E-state index is 6.28. The summed E-state index contributed by atoms with van der Waals surface area (Å²) in [6.45, 7) is 6.23. The summed E-state index contributed by atoms with van der Waals surface area (Å²) in [5, 5.41) is 0.756. The molecule has 1 heterocycles. The van der Waals surface area contributed by atoms with Crippen molar-refractivity contribution >= 4 is 22.9 Å². The molecule has 0 bridgehead atoms. The molecule has 1 aromatic heterocycles. The number of benzene rings is 1. The smallest absolute Gasteiger partial charge is 0.0660 e. The zero-order valence-electron chi connectivity index (χ0n) is 10.3. The fourth-order valence-electron chi connectivity index (χ4n) is 1.82. The van der Waals surface area contributed by atoms with Gasteiger partial charge in [0, 0.05) is 14.8 Å². The lowest BCUT2D eigenvalue weighted by Gasteiger charge is -2.14. The minimum atomic E-state index is -0.125. The first-order valence-electron chi connectivity index (χ1n) is 5.57. The monoisotopic (exact) mass is 265 g/mol. The SMILES string of the molecule is Cc1ccc(C(N)c2cc(C)c(C)cc2Cl)s1. The third-order valence-electron chi connectivity index (χ3n) is 3.02. The van der Waals surface area contributed by atoms with E-state index >= 15 is 0 Å². The van der Waals surface area contributed by atoms with Crippen molar-refractivity contribution in [2.75, 3.05) is 0 Å². The summed E-state index contributed by atoms with van der Waals surface area (Å²) in [7, 11) is 0. The number of halogens is 1. The standard InChI is InChI=1S/C14H16ClNS/c1-8-6-11(12(15)7-9(8)2)14(16)13-5-4-10(3)17-13/h4-7,14H,16H2,1-3H3. The molecular weight excluding hydrogens is 250 g/mol. The molecule has 0 aliphatic carbocycles. The average molecular weight is 266 g/mol. The molecule has 0 amide bonds. The van der Waals surface area contributed by atoms with E-state index in [1.807, 2.05) is 6.07 Å². The van der Waals surface area contributed by atoms with E-state index in [0.717, 1.165) is 15.5 Å². The third kappa shape index (κ3) is 2.54. The average Bonchev–Trinajstić information content (AvgIpc) is 2.69. The van der Waals surface area contributed by atoms with Crippen LogP contribution in [0.25, 0.3) is 0 Å².